The molecule has 6 heteroatoms. The molecule has 0 fully saturated rings. The second-order valence-electron chi connectivity index (χ2n) is 14.5. The van der Waals surface area contributed by atoms with E-state index in [9.17, 15) is 9.59 Å². The number of carbonyl (C=O) groups is 2. The first-order valence-corrected chi connectivity index (χ1v) is 21.4. The fourth-order valence-electron chi connectivity index (χ4n) is 6.67. The maximum absolute atomic E-state index is 12.6. The van der Waals surface area contributed by atoms with Gasteiger partial charge in [-0.25, -0.2) is 9.59 Å². The van der Waals surface area contributed by atoms with E-state index in [0.717, 1.165) is 52.1 Å². The van der Waals surface area contributed by atoms with Gasteiger partial charge in [-0.15, -0.1) is 0 Å². The van der Waals surface area contributed by atoms with Crippen molar-refractivity contribution >= 4 is 11.9 Å². The summed E-state index contributed by atoms with van der Waals surface area (Å²) in [5.41, 5.74) is 0.937. The molecule has 0 radical (unpaired) electrons. The Balaban J connectivity index is 2.11. The number of hydrogen-bond donors (Lipinski definition) is 0. The molecular weight excluding hydrogens is 620 g/mol. The second-order valence-corrected chi connectivity index (χ2v) is 14.5. The van der Waals surface area contributed by atoms with Crippen LogP contribution in [0.4, 0.5) is 0 Å². The number of rotatable bonds is 36. The van der Waals surface area contributed by atoms with Gasteiger partial charge in [-0.3, -0.25) is 0 Å². The fraction of sp³-hybridized carbons (Fsp3) is 0.818. The van der Waals surface area contributed by atoms with Crippen LogP contribution >= 0.6 is 0 Å². The Morgan fingerprint density at radius 3 is 0.940 bits per heavy atom. The van der Waals surface area contributed by atoms with Gasteiger partial charge >= 0.3 is 11.9 Å². The van der Waals surface area contributed by atoms with Gasteiger partial charge in [0.25, 0.3) is 0 Å². The normalized spacial score (nSPS) is 11.5. The monoisotopic (exact) mass is 701 g/mol. The van der Waals surface area contributed by atoms with E-state index in [4.69, 9.17) is 9.47 Å². The number of ether oxygens (including phenoxy) is 2. The lowest BCUT2D eigenvalue weighted by Crippen LogP contribution is -2.27. The van der Waals surface area contributed by atoms with Gasteiger partial charge in [0.15, 0.2) is 0 Å². The molecule has 1 aromatic rings. The first kappa shape index (κ1) is 46.1. The van der Waals surface area contributed by atoms with Crippen molar-refractivity contribution in [3.63, 3.8) is 0 Å². The summed E-state index contributed by atoms with van der Waals surface area (Å²) in [5, 5.41) is 0. The van der Waals surface area contributed by atoms with Crippen LogP contribution in [0.1, 0.15) is 203 Å². The van der Waals surface area contributed by atoms with E-state index in [2.05, 4.69) is 37.5 Å². The van der Waals surface area contributed by atoms with E-state index < -0.39 is 0 Å². The summed E-state index contributed by atoms with van der Waals surface area (Å²) in [5.74, 6) is -0.674. The standard InChI is InChI=1S/C44H80N2O4/c1-5-9-11-13-15-17-19-21-23-25-27-35-45(7-3)37-29-39-49-43(47)41-31-33-42(34-32-41)44(48)50-40-30-38-46(8-4)36-28-26-24-22-20-18-16-14-12-10-6-2/h31-34H,5-30,35-40H2,1-4H3. The zero-order valence-corrected chi connectivity index (χ0v) is 33.5. The summed E-state index contributed by atoms with van der Waals surface area (Å²) >= 11 is 0. The first-order chi connectivity index (χ1) is 24.5. The summed E-state index contributed by atoms with van der Waals surface area (Å²) in [6, 6.07) is 6.65. The minimum Gasteiger partial charge on any atom is -0.462 e. The van der Waals surface area contributed by atoms with Crippen molar-refractivity contribution in [2.45, 2.75) is 182 Å². The van der Waals surface area contributed by atoms with Crippen molar-refractivity contribution in [2.24, 2.45) is 0 Å². The van der Waals surface area contributed by atoms with Gasteiger partial charge in [-0.1, -0.05) is 156 Å². The van der Waals surface area contributed by atoms with Gasteiger partial charge in [0.1, 0.15) is 0 Å². The lowest BCUT2D eigenvalue weighted by atomic mass is 10.1. The number of benzene rings is 1. The fourth-order valence-corrected chi connectivity index (χ4v) is 6.67. The molecule has 50 heavy (non-hydrogen) atoms. The van der Waals surface area contributed by atoms with Gasteiger partial charge in [-0.2, -0.15) is 0 Å². The Morgan fingerprint density at radius 1 is 0.400 bits per heavy atom. The van der Waals surface area contributed by atoms with Crippen LogP contribution in [0.15, 0.2) is 24.3 Å². The molecule has 1 rings (SSSR count). The van der Waals surface area contributed by atoms with E-state index in [1.807, 2.05) is 0 Å². The molecule has 0 atom stereocenters. The Morgan fingerprint density at radius 2 is 0.660 bits per heavy atom. The molecule has 0 aliphatic heterocycles. The Labute approximate surface area is 309 Å². The van der Waals surface area contributed by atoms with Gasteiger partial charge in [0.2, 0.25) is 0 Å². The molecule has 1 aromatic carbocycles. The van der Waals surface area contributed by atoms with Crippen LogP contribution < -0.4 is 0 Å². The largest absolute Gasteiger partial charge is 0.462 e. The van der Waals surface area contributed by atoms with Crippen molar-refractivity contribution in [2.75, 3.05) is 52.5 Å². The van der Waals surface area contributed by atoms with Crippen LogP contribution in [-0.4, -0.2) is 74.2 Å². The average molecular weight is 701 g/mol. The lowest BCUT2D eigenvalue weighted by Gasteiger charge is -2.20. The molecule has 0 amide bonds. The quantitative estimate of drug-likeness (QED) is 0.0513. The van der Waals surface area contributed by atoms with Crippen LogP contribution in [0.3, 0.4) is 0 Å². The zero-order valence-electron chi connectivity index (χ0n) is 33.5. The van der Waals surface area contributed by atoms with E-state index in [1.54, 1.807) is 24.3 Å². The SMILES string of the molecule is CCCCCCCCCCCCCN(CC)CCCOC(=O)c1ccc(C(=O)OCCCN(CC)CCCCCCCCCCCCC)cc1. The van der Waals surface area contributed by atoms with Crippen molar-refractivity contribution in [1.29, 1.82) is 0 Å². The highest BCUT2D eigenvalue weighted by atomic mass is 16.5. The third-order valence-corrected chi connectivity index (χ3v) is 10.1. The molecule has 0 aliphatic rings. The zero-order chi connectivity index (χ0) is 36.3. The van der Waals surface area contributed by atoms with Gasteiger partial charge in [0.05, 0.1) is 24.3 Å². The molecule has 0 spiro atoms. The van der Waals surface area contributed by atoms with Gasteiger partial charge in [0, 0.05) is 13.1 Å². The lowest BCUT2D eigenvalue weighted by molar-refractivity contribution is 0.0474. The Kier molecular flexibility index (Phi) is 31.5. The van der Waals surface area contributed by atoms with Crippen molar-refractivity contribution in [3.05, 3.63) is 35.4 Å². The molecule has 0 saturated carbocycles. The van der Waals surface area contributed by atoms with Crippen LogP contribution in [0.25, 0.3) is 0 Å². The third kappa shape index (κ3) is 25.9. The maximum Gasteiger partial charge on any atom is 0.338 e. The molecule has 0 aliphatic carbocycles. The van der Waals surface area contributed by atoms with Crippen LogP contribution in [0, 0.1) is 0 Å². The molecule has 0 aromatic heterocycles. The van der Waals surface area contributed by atoms with E-state index in [0.29, 0.717) is 24.3 Å². The van der Waals surface area contributed by atoms with Crippen molar-refractivity contribution in [1.82, 2.24) is 9.80 Å². The molecular formula is C44H80N2O4. The summed E-state index contributed by atoms with van der Waals surface area (Å²) in [6.07, 6.45) is 31.7. The number of nitrogens with zero attached hydrogens (tertiary/aromatic N) is 2. The average Bonchev–Trinajstić information content (AvgIpc) is 3.14. The highest BCUT2D eigenvalue weighted by Crippen LogP contribution is 2.14. The molecule has 6 nitrogen and oxygen atoms in total. The number of carbonyl (C=O) groups excluding carboxylic acids is 2. The summed E-state index contributed by atoms with van der Waals surface area (Å²) in [4.78, 5) is 30.0. The second kappa shape index (κ2) is 34.2. The topological polar surface area (TPSA) is 59.1 Å². The predicted molar refractivity (Wildman–Crippen MR) is 213 cm³/mol. The third-order valence-electron chi connectivity index (χ3n) is 10.1. The number of hydrogen-bond acceptors (Lipinski definition) is 6. The molecule has 290 valence electrons. The Hall–Kier alpha value is -1.92. The molecule has 0 unspecified atom stereocenters. The molecule has 0 saturated heterocycles. The maximum atomic E-state index is 12.6. The van der Waals surface area contributed by atoms with Crippen LogP contribution in [0.2, 0.25) is 0 Å². The van der Waals surface area contributed by atoms with Crippen LogP contribution in [-0.2, 0) is 9.47 Å². The predicted octanol–water partition coefficient (Wildman–Crippen LogP) is 12.0. The molecule has 0 heterocycles. The summed E-state index contributed by atoms with van der Waals surface area (Å²) < 4.78 is 11.1. The highest BCUT2D eigenvalue weighted by molar-refractivity contribution is 5.93. The molecule has 0 N–H and O–H groups in total. The van der Waals surface area contributed by atoms with Gasteiger partial charge < -0.3 is 19.3 Å². The van der Waals surface area contributed by atoms with Crippen molar-refractivity contribution < 1.29 is 19.1 Å². The van der Waals surface area contributed by atoms with Gasteiger partial charge in [-0.05, 0) is 76.1 Å². The highest BCUT2D eigenvalue weighted by Gasteiger charge is 2.12. The number of unbranched alkanes of at least 4 members (excludes halogenated alkanes) is 20. The summed E-state index contributed by atoms with van der Waals surface area (Å²) in [7, 11) is 0. The minimum atomic E-state index is -0.337. The van der Waals surface area contributed by atoms with E-state index in [-0.39, 0.29) is 11.9 Å². The van der Waals surface area contributed by atoms with E-state index in [1.165, 1.54) is 141 Å². The summed E-state index contributed by atoms with van der Waals surface area (Å²) in [6.45, 7) is 16.0. The number of esters is 2. The van der Waals surface area contributed by atoms with Crippen LogP contribution in [0.5, 0.6) is 0 Å². The first-order valence-electron chi connectivity index (χ1n) is 21.4. The molecule has 0 bridgehead atoms. The van der Waals surface area contributed by atoms with Crippen molar-refractivity contribution in [3.8, 4) is 0 Å². The Bertz CT molecular complexity index is 833. The smallest absolute Gasteiger partial charge is 0.338 e. The minimum absolute atomic E-state index is 0.337. The van der Waals surface area contributed by atoms with E-state index >= 15 is 0 Å².